The Labute approximate surface area is 153 Å². The van der Waals surface area contributed by atoms with Crippen LogP contribution in [0.25, 0.3) is 0 Å². The number of aromatic nitrogens is 1. The molecule has 3 N–H and O–H groups in total. The van der Waals surface area contributed by atoms with Gasteiger partial charge in [-0.3, -0.25) is 4.79 Å². The van der Waals surface area contributed by atoms with Crippen molar-refractivity contribution in [3.63, 3.8) is 0 Å². The number of carbonyl (C=O) groups is 1. The van der Waals surface area contributed by atoms with Gasteiger partial charge in [0, 0.05) is 18.7 Å². The number of benzene rings is 1. The number of unbranched alkanes of at least 4 members (excludes halogenated alkanes) is 2. The molecular weight excluding hydrogens is 334 g/mol. The Morgan fingerprint density at radius 3 is 2.54 bits per heavy atom. The summed E-state index contributed by atoms with van der Waals surface area (Å²) in [4.78, 5) is 16.7. The zero-order chi connectivity index (χ0) is 18.8. The summed E-state index contributed by atoms with van der Waals surface area (Å²) < 4.78 is 10.4. The molecule has 2 rings (SSSR count). The van der Waals surface area contributed by atoms with E-state index in [1.165, 1.54) is 7.11 Å². The van der Waals surface area contributed by atoms with Crippen molar-refractivity contribution in [3.05, 3.63) is 42.1 Å². The molecule has 0 aliphatic heterocycles. The third-order valence-corrected chi connectivity index (χ3v) is 3.81. The van der Waals surface area contributed by atoms with E-state index in [9.17, 15) is 4.79 Å². The lowest BCUT2D eigenvalue weighted by atomic mass is 10.2. The minimum absolute atomic E-state index is 0.229. The third-order valence-electron chi connectivity index (χ3n) is 3.81. The van der Waals surface area contributed by atoms with Crippen molar-refractivity contribution >= 4 is 17.4 Å². The quantitative estimate of drug-likeness (QED) is 0.565. The number of pyridine rings is 1. The highest BCUT2D eigenvalue weighted by atomic mass is 16.5. The lowest BCUT2D eigenvalue weighted by molar-refractivity contribution is 0.102. The van der Waals surface area contributed by atoms with Crippen LogP contribution < -0.4 is 20.1 Å². The monoisotopic (exact) mass is 359 g/mol. The summed E-state index contributed by atoms with van der Waals surface area (Å²) in [7, 11) is 3.07. The van der Waals surface area contributed by atoms with E-state index in [0.717, 1.165) is 31.6 Å². The predicted molar refractivity (Wildman–Crippen MR) is 101 cm³/mol. The first-order valence-corrected chi connectivity index (χ1v) is 8.52. The molecule has 2 aromatic rings. The number of methoxy groups -OCH3 is 2. The van der Waals surface area contributed by atoms with Crippen LogP contribution in [0.15, 0.2) is 36.5 Å². The van der Waals surface area contributed by atoms with E-state index >= 15 is 0 Å². The number of hydrogen-bond donors (Lipinski definition) is 3. The average molecular weight is 359 g/mol. The maximum atomic E-state index is 12.4. The van der Waals surface area contributed by atoms with E-state index in [0.29, 0.717) is 22.7 Å². The van der Waals surface area contributed by atoms with Crippen molar-refractivity contribution in [2.75, 3.05) is 38.0 Å². The van der Waals surface area contributed by atoms with Gasteiger partial charge in [0.1, 0.15) is 5.82 Å². The number of ether oxygens (including phenoxy) is 2. The van der Waals surface area contributed by atoms with Gasteiger partial charge in [0.15, 0.2) is 11.5 Å². The lowest BCUT2D eigenvalue weighted by Gasteiger charge is -2.10. The first-order valence-electron chi connectivity index (χ1n) is 8.52. The van der Waals surface area contributed by atoms with Crippen LogP contribution in [0, 0.1) is 0 Å². The number of carbonyl (C=O) groups excluding carboxylic acids is 1. The fraction of sp³-hybridized carbons (Fsp3) is 0.368. The van der Waals surface area contributed by atoms with E-state index in [4.69, 9.17) is 14.6 Å². The molecule has 1 amide bonds. The second-order valence-corrected chi connectivity index (χ2v) is 5.67. The zero-order valence-electron chi connectivity index (χ0n) is 15.1. The largest absolute Gasteiger partial charge is 0.493 e. The SMILES string of the molecule is COc1ccc(C(=O)Nc2ccc(NCCCCCO)nc2)cc1OC. The van der Waals surface area contributed by atoms with Crippen LogP contribution >= 0.6 is 0 Å². The van der Waals surface area contributed by atoms with E-state index in [-0.39, 0.29) is 12.5 Å². The fourth-order valence-electron chi connectivity index (χ4n) is 2.38. The van der Waals surface area contributed by atoms with Gasteiger partial charge in [-0.15, -0.1) is 0 Å². The Kier molecular flexibility index (Phi) is 7.70. The minimum Gasteiger partial charge on any atom is -0.493 e. The highest BCUT2D eigenvalue weighted by Crippen LogP contribution is 2.27. The van der Waals surface area contributed by atoms with Crippen LogP contribution in [0.4, 0.5) is 11.5 Å². The maximum Gasteiger partial charge on any atom is 0.255 e. The molecule has 1 heterocycles. The Hall–Kier alpha value is -2.80. The average Bonchev–Trinajstić information content (AvgIpc) is 2.68. The number of nitrogens with zero attached hydrogens (tertiary/aromatic N) is 1. The Morgan fingerprint density at radius 2 is 1.88 bits per heavy atom. The normalized spacial score (nSPS) is 10.3. The predicted octanol–water partition coefficient (Wildman–Crippen LogP) is 2.93. The molecule has 0 spiro atoms. The van der Waals surface area contributed by atoms with Crippen LogP contribution in [-0.2, 0) is 0 Å². The van der Waals surface area contributed by atoms with Crippen LogP contribution in [0.3, 0.4) is 0 Å². The summed E-state index contributed by atoms with van der Waals surface area (Å²) in [5.74, 6) is 1.56. The second-order valence-electron chi connectivity index (χ2n) is 5.67. The van der Waals surface area contributed by atoms with Crippen LogP contribution in [0.5, 0.6) is 11.5 Å². The number of rotatable bonds is 10. The fourth-order valence-corrected chi connectivity index (χ4v) is 2.38. The molecule has 0 unspecified atom stereocenters. The van der Waals surface area contributed by atoms with E-state index in [1.54, 1.807) is 37.6 Å². The summed E-state index contributed by atoms with van der Waals surface area (Å²) in [5.41, 5.74) is 1.07. The van der Waals surface area contributed by atoms with Crippen LogP contribution in [-0.4, -0.2) is 43.4 Å². The molecule has 0 aliphatic carbocycles. The molecule has 0 saturated heterocycles. The molecule has 1 aromatic carbocycles. The van der Waals surface area contributed by atoms with Gasteiger partial charge >= 0.3 is 0 Å². The molecule has 0 bridgehead atoms. The molecule has 26 heavy (non-hydrogen) atoms. The van der Waals surface area contributed by atoms with Gasteiger partial charge in [0.2, 0.25) is 0 Å². The number of aliphatic hydroxyl groups is 1. The topological polar surface area (TPSA) is 92.7 Å². The number of amides is 1. The van der Waals surface area contributed by atoms with Crippen molar-refractivity contribution in [1.29, 1.82) is 0 Å². The number of nitrogens with one attached hydrogen (secondary N) is 2. The Morgan fingerprint density at radius 1 is 1.08 bits per heavy atom. The van der Waals surface area contributed by atoms with E-state index in [1.807, 2.05) is 6.07 Å². The standard InChI is InChI=1S/C19H25N3O4/c1-25-16-8-6-14(12-17(16)26-2)19(24)22-15-7-9-18(21-13-15)20-10-4-3-5-11-23/h6-9,12-13,23H,3-5,10-11H2,1-2H3,(H,20,21)(H,22,24). The summed E-state index contributed by atoms with van der Waals surface area (Å²) in [5, 5.41) is 14.8. The third kappa shape index (κ3) is 5.63. The van der Waals surface area contributed by atoms with Gasteiger partial charge in [-0.25, -0.2) is 4.98 Å². The summed E-state index contributed by atoms with van der Waals surface area (Å²) in [6.45, 7) is 1.02. The van der Waals surface area contributed by atoms with Crippen LogP contribution in [0.2, 0.25) is 0 Å². The molecule has 7 nitrogen and oxygen atoms in total. The Balaban J connectivity index is 1.91. The molecule has 0 saturated carbocycles. The van der Waals surface area contributed by atoms with E-state index in [2.05, 4.69) is 15.6 Å². The smallest absolute Gasteiger partial charge is 0.255 e. The molecule has 0 atom stereocenters. The van der Waals surface area contributed by atoms with E-state index < -0.39 is 0 Å². The second kappa shape index (κ2) is 10.2. The van der Waals surface area contributed by atoms with Gasteiger partial charge < -0.3 is 25.2 Å². The zero-order valence-corrected chi connectivity index (χ0v) is 15.1. The van der Waals surface area contributed by atoms with Crippen LogP contribution in [0.1, 0.15) is 29.6 Å². The van der Waals surface area contributed by atoms with Gasteiger partial charge in [0.25, 0.3) is 5.91 Å². The minimum atomic E-state index is -0.252. The first kappa shape index (κ1) is 19.5. The Bertz CT molecular complexity index is 704. The van der Waals surface area contributed by atoms with Crippen molar-refractivity contribution in [3.8, 4) is 11.5 Å². The molecule has 0 radical (unpaired) electrons. The van der Waals surface area contributed by atoms with Crippen molar-refractivity contribution < 1.29 is 19.4 Å². The maximum absolute atomic E-state index is 12.4. The number of aliphatic hydroxyl groups excluding tert-OH is 1. The summed E-state index contributed by atoms with van der Waals surface area (Å²) in [6, 6.07) is 8.60. The highest BCUT2D eigenvalue weighted by Gasteiger charge is 2.11. The molecule has 7 heteroatoms. The molecule has 1 aromatic heterocycles. The molecule has 0 fully saturated rings. The van der Waals surface area contributed by atoms with Gasteiger partial charge in [-0.1, -0.05) is 0 Å². The number of anilines is 2. The molecule has 0 aliphatic rings. The number of hydrogen-bond acceptors (Lipinski definition) is 6. The summed E-state index contributed by atoms with van der Waals surface area (Å²) >= 11 is 0. The first-order chi connectivity index (χ1) is 12.7. The van der Waals surface area contributed by atoms with Crippen molar-refractivity contribution in [1.82, 2.24) is 4.98 Å². The molecular formula is C19H25N3O4. The van der Waals surface area contributed by atoms with Gasteiger partial charge in [0.05, 0.1) is 26.1 Å². The van der Waals surface area contributed by atoms with Crippen molar-refractivity contribution in [2.45, 2.75) is 19.3 Å². The highest BCUT2D eigenvalue weighted by molar-refractivity contribution is 6.04. The molecule has 140 valence electrons. The lowest BCUT2D eigenvalue weighted by Crippen LogP contribution is -2.12. The van der Waals surface area contributed by atoms with Gasteiger partial charge in [-0.2, -0.15) is 0 Å². The van der Waals surface area contributed by atoms with Crippen molar-refractivity contribution in [2.24, 2.45) is 0 Å². The van der Waals surface area contributed by atoms with Gasteiger partial charge in [-0.05, 0) is 49.6 Å². The summed E-state index contributed by atoms with van der Waals surface area (Å²) in [6.07, 6.45) is 4.37.